The van der Waals surface area contributed by atoms with Crippen LogP contribution >= 0.6 is 27.3 Å². The summed E-state index contributed by atoms with van der Waals surface area (Å²) in [7, 11) is 0. The highest BCUT2D eigenvalue weighted by Gasteiger charge is 2.23. The summed E-state index contributed by atoms with van der Waals surface area (Å²) < 4.78 is 11.8. The van der Waals surface area contributed by atoms with Crippen molar-refractivity contribution in [3.63, 3.8) is 0 Å². The van der Waals surface area contributed by atoms with Crippen LogP contribution in [0.5, 0.6) is 0 Å². The van der Waals surface area contributed by atoms with Crippen molar-refractivity contribution in [1.82, 2.24) is 0 Å². The fourth-order valence-corrected chi connectivity index (χ4v) is 3.91. The monoisotopic (exact) mass is 474 g/mol. The number of carbonyl (C=O) groups is 2. The lowest BCUT2D eigenvalue weighted by Gasteiger charge is -2.05. The van der Waals surface area contributed by atoms with Crippen LogP contribution in [0.2, 0.25) is 0 Å². The Hall–Kier alpha value is -3.09. The number of aliphatic hydroxyl groups is 1. The molecule has 1 aromatic carbocycles. The molecule has 2 N–H and O–H groups in total. The topological polar surface area (TPSA) is 113 Å². The number of rotatable bonds is 5. The predicted octanol–water partition coefficient (Wildman–Crippen LogP) is 5.39. The number of esters is 1. The number of ether oxygens (including phenoxy) is 1. The highest BCUT2D eigenvalue weighted by Crippen LogP contribution is 2.38. The number of thiophene rings is 1. The smallest absolute Gasteiger partial charge is 0.350 e. The summed E-state index contributed by atoms with van der Waals surface area (Å²) in [5.41, 5.74) is 0.399. The molecule has 7 nitrogen and oxygen atoms in total. The van der Waals surface area contributed by atoms with Gasteiger partial charge in [-0.15, -0.1) is 11.3 Å². The average Bonchev–Trinajstić information content (AvgIpc) is 3.25. The van der Waals surface area contributed by atoms with Gasteiger partial charge < -0.3 is 19.6 Å². The maximum atomic E-state index is 12.4. The number of anilines is 1. The summed E-state index contributed by atoms with van der Waals surface area (Å²) in [5, 5.41) is 21.9. The largest absolute Gasteiger partial charge is 0.511 e. The second-order valence-corrected chi connectivity index (χ2v) is 7.86. The number of aliphatic hydroxyl groups excluding tert-OH is 1. The maximum absolute atomic E-state index is 12.4. The summed E-state index contributed by atoms with van der Waals surface area (Å²) in [4.78, 5) is 25.4. The van der Waals surface area contributed by atoms with E-state index in [1.165, 1.54) is 6.92 Å². The van der Waals surface area contributed by atoms with Crippen LogP contribution in [-0.2, 0) is 9.53 Å². The lowest BCUT2D eigenvalue weighted by Crippen LogP contribution is -2.16. The highest BCUT2D eigenvalue weighted by atomic mass is 79.9. The number of amides is 1. The zero-order valence-electron chi connectivity index (χ0n) is 15.4. The standard InChI is InChI=1S/C20H15BrN2O5S/c1-3-27-20(26)18-14(23-19(25)13(9-22)10(2)24)8-17(29-18)16-7-11-6-12(21)4-5-15(11)28-16/h4-8,24H,3H2,1-2H3,(H,23,25)/b13-10-. The van der Waals surface area contributed by atoms with Crippen molar-refractivity contribution in [2.75, 3.05) is 11.9 Å². The van der Waals surface area contributed by atoms with Gasteiger partial charge in [0.15, 0.2) is 5.57 Å². The van der Waals surface area contributed by atoms with Crippen LogP contribution in [0.25, 0.3) is 21.6 Å². The Bertz CT molecular complexity index is 1180. The molecule has 0 spiro atoms. The van der Waals surface area contributed by atoms with Gasteiger partial charge in [0.25, 0.3) is 5.91 Å². The van der Waals surface area contributed by atoms with Crippen molar-refractivity contribution < 1.29 is 23.8 Å². The van der Waals surface area contributed by atoms with Crippen LogP contribution in [0.15, 0.2) is 50.6 Å². The number of halogens is 1. The molecule has 0 atom stereocenters. The number of benzene rings is 1. The van der Waals surface area contributed by atoms with Gasteiger partial charge in [-0.05, 0) is 44.2 Å². The molecule has 9 heteroatoms. The molecule has 0 saturated heterocycles. The molecule has 2 heterocycles. The molecule has 3 aromatic rings. The molecule has 0 radical (unpaired) electrons. The molecule has 29 heavy (non-hydrogen) atoms. The van der Waals surface area contributed by atoms with E-state index in [0.29, 0.717) is 16.2 Å². The number of nitriles is 1. The van der Waals surface area contributed by atoms with Crippen LogP contribution in [0.3, 0.4) is 0 Å². The minimum Gasteiger partial charge on any atom is -0.511 e. The van der Waals surface area contributed by atoms with Crippen LogP contribution in [0, 0.1) is 11.3 Å². The number of nitrogens with one attached hydrogen (secondary N) is 1. The van der Waals surface area contributed by atoms with Crippen molar-refractivity contribution in [3.8, 4) is 16.7 Å². The van der Waals surface area contributed by atoms with Crippen LogP contribution in [-0.4, -0.2) is 23.6 Å². The molecule has 2 aromatic heterocycles. The summed E-state index contributed by atoms with van der Waals surface area (Å²) in [6.45, 7) is 3.07. The van der Waals surface area contributed by atoms with Gasteiger partial charge in [0.2, 0.25) is 0 Å². The van der Waals surface area contributed by atoms with E-state index in [0.717, 1.165) is 21.2 Å². The molecular weight excluding hydrogens is 460 g/mol. The quantitative estimate of drug-likeness (QED) is 0.221. The number of allylic oxidation sites excluding steroid dienone is 1. The minimum atomic E-state index is -0.823. The third-order valence-corrected chi connectivity index (χ3v) is 5.49. The third-order valence-electron chi connectivity index (χ3n) is 3.86. The molecule has 0 aliphatic heterocycles. The number of hydrogen-bond acceptors (Lipinski definition) is 7. The van der Waals surface area contributed by atoms with E-state index in [9.17, 15) is 14.7 Å². The van der Waals surface area contributed by atoms with E-state index in [2.05, 4.69) is 21.2 Å². The fraction of sp³-hybridized carbons (Fsp3) is 0.150. The van der Waals surface area contributed by atoms with Gasteiger partial charge in [0.05, 0.1) is 17.2 Å². The van der Waals surface area contributed by atoms with Gasteiger partial charge in [-0.1, -0.05) is 15.9 Å². The average molecular weight is 475 g/mol. The predicted molar refractivity (Wildman–Crippen MR) is 113 cm³/mol. The normalized spacial score (nSPS) is 11.7. The molecule has 0 unspecified atom stereocenters. The number of carbonyl (C=O) groups excluding carboxylic acids is 2. The summed E-state index contributed by atoms with van der Waals surface area (Å²) in [6.07, 6.45) is 0. The Balaban J connectivity index is 2.04. The molecule has 148 valence electrons. The third kappa shape index (κ3) is 4.34. The lowest BCUT2D eigenvalue weighted by atomic mass is 10.2. The molecule has 1 amide bonds. The Kier molecular flexibility index (Phi) is 6.06. The van der Waals surface area contributed by atoms with Crippen molar-refractivity contribution >= 4 is 55.8 Å². The maximum Gasteiger partial charge on any atom is 0.350 e. The Morgan fingerprint density at radius 1 is 1.34 bits per heavy atom. The zero-order valence-corrected chi connectivity index (χ0v) is 17.8. The van der Waals surface area contributed by atoms with Crippen LogP contribution < -0.4 is 5.32 Å². The van der Waals surface area contributed by atoms with Gasteiger partial charge in [0.1, 0.15) is 28.0 Å². The van der Waals surface area contributed by atoms with Crippen molar-refractivity contribution in [3.05, 3.63) is 51.0 Å². The zero-order chi connectivity index (χ0) is 21.1. The number of fused-ring (bicyclic) bond motifs is 1. The summed E-state index contributed by atoms with van der Waals surface area (Å²) in [6, 6.07) is 10.6. The number of furan rings is 1. The lowest BCUT2D eigenvalue weighted by molar-refractivity contribution is -0.112. The van der Waals surface area contributed by atoms with Gasteiger partial charge in [-0.2, -0.15) is 5.26 Å². The molecule has 3 rings (SSSR count). The SMILES string of the molecule is CCOC(=O)c1sc(-c2cc3cc(Br)ccc3o2)cc1NC(=O)/C(C#N)=C(/C)O. The van der Waals surface area contributed by atoms with Gasteiger partial charge in [0, 0.05) is 9.86 Å². The van der Waals surface area contributed by atoms with Gasteiger partial charge in [-0.25, -0.2) is 4.79 Å². The number of nitrogens with zero attached hydrogens (tertiary/aromatic N) is 1. The molecule has 0 aliphatic rings. The summed E-state index contributed by atoms with van der Waals surface area (Å²) in [5.74, 6) is -1.33. The second-order valence-electron chi connectivity index (χ2n) is 5.89. The van der Waals surface area contributed by atoms with Crippen LogP contribution in [0.4, 0.5) is 5.69 Å². The highest BCUT2D eigenvalue weighted by molar-refractivity contribution is 9.10. The first kappa shape index (κ1) is 20.6. The summed E-state index contributed by atoms with van der Waals surface area (Å²) >= 11 is 4.50. The van der Waals surface area contributed by atoms with Crippen LogP contribution in [0.1, 0.15) is 23.5 Å². The fourth-order valence-electron chi connectivity index (χ4n) is 2.57. The van der Waals surface area contributed by atoms with E-state index >= 15 is 0 Å². The van der Waals surface area contributed by atoms with Crippen molar-refractivity contribution in [2.45, 2.75) is 13.8 Å². The van der Waals surface area contributed by atoms with E-state index in [-0.39, 0.29) is 17.2 Å². The molecular formula is C20H15BrN2O5S. The molecule has 0 saturated carbocycles. The van der Waals surface area contributed by atoms with E-state index in [4.69, 9.17) is 14.4 Å². The Morgan fingerprint density at radius 3 is 2.76 bits per heavy atom. The number of hydrogen-bond donors (Lipinski definition) is 2. The van der Waals surface area contributed by atoms with Gasteiger partial charge in [-0.3, -0.25) is 4.79 Å². The first-order chi connectivity index (χ1) is 13.8. The van der Waals surface area contributed by atoms with E-state index < -0.39 is 23.2 Å². The first-order valence-corrected chi connectivity index (χ1v) is 10.1. The Morgan fingerprint density at radius 2 is 2.10 bits per heavy atom. The molecule has 0 aliphatic carbocycles. The minimum absolute atomic E-state index is 0.157. The van der Waals surface area contributed by atoms with Crippen molar-refractivity contribution in [2.24, 2.45) is 0 Å². The molecule has 0 bridgehead atoms. The first-order valence-electron chi connectivity index (χ1n) is 8.45. The van der Waals surface area contributed by atoms with Crippen molar-refractivity contribution in [1.29, 1.82) is 5.26 Å². The van der Waals surface area contributed by atoms with E-state index in [1.54, 1.807) is 19.1 Å². The second kappa shape index (κ2) is 8.51. The van der Waals surface area contributed by atoms with Gasteiger partial charge >= 0.3 is 5.97 Å². The van der Waals surface area contributed by atoms with E-state index in [1.807, 2.05) is 24.3 Å². The Labute approximate surface area is 178 Å². The molecule has 0 fully saturated rings.